The van der Waals surface area contributed by atoms with Crippen LogP contribution in [0, 0.1) is 13.8 Å². The quantitative estimate of drug-likeness (QED) is 0.320. The maximum absolute atomic E-state index is 11.7. The van der Waals surface area contributed by atoms with Crippen LogP contribution in [0.1, 0.15) is 22.7 Å². The number of nitrogens with two attached hydrogens (primary N) is 2. The molecule has 3 rings (SSSR count). The molecule has 0 fully saturated rings. The van der Waals surface area contributed by atoms with Gasteiger partial charge < -0.3 is 31.0 Å². The van der Waals surface area contributed by atoms with Crippen LogP contribution in [-0.4, -0.2) is 30.7 Å². The molecular weight excluding hydrogens is 400 g/mol. The van der Waals surface area contributed by atoms with Crippen LogP contribution >= 0.6 is 0 Å². The maximum Gasteiger partial charge on any atom is 0.217 e. The molecule has 30 heavy (non-hydrogen) atoms. The number of rotatable bonds is 8. The molecule has 8 nitrogen and oxygen atoms in total. The van der Waals surface area contributed by atoms with Crippen LogP contribution in [0.5, 0.6) is 5.75 Å². The van der Waals surface area contributed by atoms with Crippen LogP contribution in [0.4, 0.5) is 5.69 Å². The summed E-state index contributed by atoms with van der Waals surface area (Å²) in [5.41, 5.74) is 10.4. The van der Waals surface area contributed by atoms with E-state index in [1.165, 1.54) is 23.8 Å². The number of nitrogens with zero attached hydrogens (tertiary/aromatic N) is 1. The molecule has 1 unspecified atom stereocenters. The summed E-state index contributed by atoms with van der Waals surface area (Å²) in [6.45, 7) is 5.45. The van der Waals surface area contributed by atoms with Crippen LogP contribution in [0.15, 0.2) is 58.2 Å². The number of aryl methyl sites for hydroxylation is 1. The topological polar surface area (TPSA) is 133 Å². The first-order chi connectivity index (χ1) is 14.4. The maximum atomic E-state index is 11.7. The highest BCUT2D eigenvalue weighted by Crippen LogP contribution is 2.26. The molecule has 0 saturated heterocycles. The highest BCUT2D eigenvalue weighted by molar-refractivity contribution is 7.89. The third kappa shape index (κ3) is 5.18. The van der Waals surface area contributed by atoms with E-state index in [0.717, 1.165) is 11.5 Å². The first-order valence-electron chi connectivity index (χ1n) is 9.59. The molecule has 7 N–H and O–H groups in total. The van der Waals surface area contributed by atoms with Crippen LogP contribution in [0.25, 0.3) is 0 Å². The number of ether oxygens (including phenoxy) is 1. The average Bonchev–Trinajstić information content (AvgIpc) is 2.72. The molecule has 1 aliphatic heterocycles. The fraction of sp³-hybridized carbons (Fsp3) is 0.286. The van der Waals surface area contributed by atoms with Gasteiger partial charge in [0, 0.05) is 24.8 Å². The van der Waals surface area contributed by atoms with Gasteiger partial charge in [0.05, 0.1) is 24.5 Å². The summed E-state index contributed by atoms with van der Waals surface area (Å²) in [7, 11) is 1.52. The number of aliphatic imine (C=N–C) groups is 1. The van der Waals surface area contributed by atoms with Crippen LogP contribution in [0.2, 0.25) is 0 Å². The second-order valence-corrected chi connectivity index (χ2v) is 8.01. The summed E-state index contributed by atoms with van der Waals surface area (Å²) < 4.78 is 16.9. The van der Waals surface area contributed by atoms with Gasteiger partial charge in [0.15, 0.2) is 11.7 Å². The van der Waals surface area contributed by atoms with Crippen molar-refractivity contribution in [1.82, 2.24) is 10.6 Å². The van der Waals surface area contributed by atoms with Gasteiger partial charge in [-0.2, -0.15) is 4.99 Å². The van der Waals surface area contributed by atoms with Gasteiger partial charge >= 0.3 is 0 Å². The summed E-state index contributed by atoms with van der Waals surface area (Å²) in [5, 5.41) is 15.3. The summed E-state index contributed by atoms with van der Waals surface area (Å²) in [6, 6.07) is 11.5. The summed E-state index contributed by atoms with van der Waals surface area (Å²) >= 11 is -1.62. The molecule has 160 valence electrons. The summed E-state index contributed by atoms with van der Waals surface area (Å²) in [6.07, 6.45) is 2.03. The first kappa shape index (κ1) is 21.8. The second kappa shape index (κ2) is 9.75. The molecule has 2 aromatic carbocycles. The van der Waals surface area contributed by atoms with E-state index in [1.54, 1.807) is 12.1 Å². The Kier molecular flexibility index (Phi) is 7.09. The van der Waals surface area contributed by atoms with Crippen molar-refractivity contribution in [3.8, 4) is 5.75 Å². The van der Waals surface area contributed by atoms with Gasteiger partial charge in [0.2, 0.25) is 4.90 Å². The van der Waals surface area contributed by atoms with Gasteiger partial charge in [-0.15, -0.1) is 5.14 Å². The predicted octanol–water partition coefficient (Wildman–Crippen LogP) is 1.80. The lowest BCUT2D eigenvalue weighted by Gasteiger charge is -2.24. The van der Waals surface area contributed by atoms with Gasteiger partial charge in [0.25, 0.3) is 0 Å². The first-order valence-corrected chi connectivity index (χ1v) is 10.8. The van der Waals surface area contributed by atoms with Gasteiger partial charge in [-0.25, -0.2) is 0 Å². The number of guanidine groups is 1. The van der Waals surface area contributed by atoms with Crippen molar-refractivity contribution < 1.29 is 9.29 Å². The van der Waals surface area contributed by atoms with E-state index >= 15 is 0 Å². The Morgan fingerprint density at radius 3 is 2.70 bits per heavy atom. The van der Waals surface area contributed by atoms with Crippen molar-refractivity contribution in [3.63, 3.8) is 0 Å². The highest BCUT2D eigenvalue weighted by Gasteiger charge is 2.18. The van der Waals surface area contributed by atoms with E-state index in [2.05, 4.69) is 46.9 Å². The predicted molar refractivity (Wildman–Crippen MR) is 122 cm³/mol. The Balaban J connectivity index is 1.61. The zero-order valence-corrected chi connectivity index (χ0v) is 18.2. The van der Waals surface area contributed by atoms with Crippen molar-refractivity contribution in [1.29, 1.82) is 0 Å². The minimum atomic E-state index is -1.62. The van der Waals surface area contributed by atoms with Crippen molar-refractivity contribution in [3.05, 3.63) is 65.0 Å². The van der Waals surface area contributed by atoms with Crippen molar-refractivity contribution in [2.75, 3.05) is 25.5 Å². The third-order valence-electron chi connectivity index (χ3n) is 4.99. The molecule has 0 spiro atoms. The molecule has 0 amide bonds. The molecule has 0 radical (unpaired) electrons. The number of anilines is 1. The molecule has 0 aliphatic carbocycles. The monoisotopic (exact) mass is 428 g/mol. The van der Waals surface area contributed by atoms with Crippen molar-refractivity contribution in [2.45, 2.75) is 24.8 Å². The van der Waals surface area contributed by atoms with Gasteiger partial charge in [0.1, 0.15) is 5.82 Å². The number of methoxy groups -OCH3 is 1. The normalized spacial score (nSPS) is 16.8. The van der Waals surface area contributed by atoms with Crippen LogP contribution in [0.3, 0.4) is 0 Å². The molecule has 2 aromatic rings. The lowest BCUT2D eigenvalue weighted by molar-refractivity contribution is 0.403. The van der Waals surface area contributed by atoms with E-state index in [4.69, 9.17) is 15.6 Å². The Hall–Kier alpha value is -2.88. The van der Waals surface area contributed by atoms with E-state index in [0.29, 0.717) is 29.7 Å². The largest absolute Gasteiger partial charge is 0.593 e. The minimum absolute atomic E-state index is 0.0402. The molecule has 0 aromatic heterocycles. The van der Waals surface area contributed by atoms with E-state index in [1.807, 2.05) is 18.2 Å². The SMILES string of the molecule is COc1ccc(NCCNC2=CC(c3cccc(C)c3C)NC(N)=N2)cc1[S@+](N)[O-]. The Morgan fingerprint density at radius 2 is 1.97 bits per heavy atom. The zero-order valence-electron chi connectivity index (χ0n) is 17.4. The molecule has 9 heteroatoms. The van der Waals surface area contributed by atoms with Gasteiger partial charge in [-0.3, -0.25) is 0 Å². The Morgan fingerprint density at radius 1 is 1.20 bits per heavy atom. The average molecular weight is 429 g/mol. The fourth-order valence-corrected chi connectivity index (χ4v) is 3.87. The zero-order chi connectivity index (χ0) is 21.7. The van der Waals surface area contributed by atoms with E-state index in [-0.39, 0.29) is 6.04 Å². The second-order valence-electron chi connectivity index (χ2n) is 6.98. The molecular formula is C21H28N6O2S. The summed E-state index contributed by atoms with van der Waals surface area (Å²) in [4.78, 5) is 4.80. The Labute approximate surface area is 180 Å². The number of nitrogens with one attached hydrogen (secondary N) is 3. The van der Waals surface area contributed by atoms with Gasteiger partial charge in [-0.05, 0) is 48.7 Å². The third-order valence-corrected chi connectivity index (χ3v) is 5.74. The van der Waals surface area contributed by atoms with Crippen LogP contribution < -0.4 is 31.6 Å². The lowest BCUT2D eigenvalue weighted by Crippen LogP contribution is -2.39. The van der Waals surface area contributed by atoms with Crippen LogP contribution in [-0.2, 0) is 11.4 Å². The van der Waals surface area contributed by atoms with E-state index < -0.39 is 11.4 Å². The smallest absolute Gasteiger partial charge is 0.217 e. The molecule has 0 bridgehead atoms. The number of benzene rings is 2. The number of hydrogen-bond donors (Lipinski definition) is 5. The van der Waals surface area contributed by atoms with Gasteiger partial charge in [-0.1, -0.05) is 18.2 Å². The number of hydrogen-bond acceptors (Lipinski definition) is 8. The molecule has 1 aliphatic rings. The van der Waals surface area contributed by atoms with Crippen molar-refractivity contribution in [2.24, 2.45) is 15.9 Å². The van der Waals surface area contributed by atoms with Crippen molar-refractivity contribution >= 4 is 23.0 Å². The standard InChI is InChI=1S/C21H28N6O2S/c1-13-5-4-6-16(14(13)2)17-12-20(27-21(22)26-17)25-10-9-24-15-7-8-18(29-3)19(11-15)30(23)28/h4-8,11-12,17,24-25H,9-10,23H2,1-3H3,(H3,22,26,27)/t17?,30-/m1/s1. The van der Waals surface area contributed by atoms with E-state index in [9.17, 15) is 4.55 Å². The minimum Gasteiger partial charge on any atom is -0.593 e. The molecule has 0 saturated carbocycles. The fourth-order valence-electron chi connectivity index (χ4n) is 3.28. The molecule has 2 atom stereocenters. The molecule has 1 heterocycles. The Bertz CT molecular complexity index is 961. The lowest BCUT2D eigenvalue weighted by atomic mass is 9.97. The summed E-state index contributed by atoms with van der Waals surface area (Å²) in [5.74, 6) is 1.60. The highest BCUT2D eigenvalue weighted by atomic mass is 32.2.